The Bertz CT molecular complexity index is 793. The molecule has 7 heteroatoms. The number of nitrogens with one attached hydrogen (secondary N) is 1. The minimum absolute atomic E-state index is 0.00835. The van der Waals surface area contributed by atoms with Gasteiger partial charge in [-0.2, -0.15) is 4.98 Å². The Morgan fingerprint density at radius 2 is 2.19 bits per heavy atom. The normalized spacial score (nSPS) is 25.6. The first kappa shape index (κ1) is 17.3. The number of rotatable bonds is 6. The van der Waals surface area contributed by atoms with Gasteiger partial charge in [0, 0.05) is 43.2 Å². The number of carbonyl (C=O) groups is 1. The van der Waals surface area contributed by atoms with Crippen LogP contribution in [-0.2, 0) is 13.5 Å². The van der Waals surface area contributed by atoms with Gasteiger partial charge in [-0.1, -0.05) is 12.1 Å². The lowest BCUT2D eigenvalue weighted by molar-refractivity contribution is 0.0915. The van der Waals surface area contributed by atoms with Crippen LogP contribution in [0.3, 0.4) is 0 Å². The van der Waals surface area contributed by atoms with Crippen LogP contribution in [0.4, 0.5) is 0 Å². The van der Waals surface area contributed by atoms with E-state index in [0.717, 1.165) is 37.2 Å². The van der Waals surface area contributed by atoms with Gasteiger partial charge in [0.25, 0.3) is 5.91 Å². The lowest BCUT2D eigenvalue weighted by Gasteiger charge is -2.15. The fraction of sp³-hybridized carbons (Fsp3) is 0.632. The fourth-order valence-corrected chi connectivity index (χ4v) is 3.97. The molecule has 3 atom stereocenters. The van der Waals surface area contributed by atoms with E-state index in [9.17, 15) is 9.90 Å². The molecule has 0 spiro atoms. The SMILES string of the molecule is CCc1c(C(=O)NC[C@H]2C[C@H](c3nc(C4CC4)no3)C[C@H]2O)ccn1C. The number of aromatic nitrogens is 3. The van der Waals surface area contributed by atoms with Crippen LogP contribution in [0.5, 0.6) is 0 Å². The summed E-state index contributed by atoms with van der Waals surface area (Å²) in [4.78, 5) is 17.0. The molecule has 2 aromatic heterocycles. The quantitative estimate of drug-likeness (QED) is 0.825. The number of aliphatic hydroxyl groups is 1. The van der Waals surface area contributed by atoms with Crippen LogP contribution in [0.15, 0.2) is 16.8 Å². The van der Waals surface area contributed by atoms with Gasteiger partial charge < -0.3 is 19.5 Å². The second kappa shape index (κ2) is 6.87. The number of nitrogens with zero attached hydrogens (tertiary/aromatic N) is 3. The van der Waals surface area contributed by atoms with Crippen LogP contribution in [0, 0.1) is 5.92 Å². The molecule has 0 unspecified atom stereocenters. The molecule has 2 aliphatic rings. The highest BCUT2D eigenvalue weighted by molar-refractivity contribution is 5.95. The number of hydrogen-bond acceptors (Lipinski definition) is 5. The van der Waals surface area contributed by atoms with Crippen LogP contribution in [-0.4, -0.2) is 38.4 Å². The topological polar surface area (TPSA) is 93.2 Å². The van der Waals surface area contributed by atoms with Crippen molar-refractivity contribution in [3.05, 3.63) is 35.2 Å². The smallest absolute Gasteiger partial charge is 0.253 e. The van der Waals surface area contributed by atoms with E-state index in [1.807, 2.05) is 30.8 Å². The van der Waals surface area contributed by atoms with Crippen molar-refractivity contribution < 1.29 is 14.4 Å². The Morgan fingerprint density at radius 3 is 2.92 bits per heavy atom. The molecule has 2 aromatic rings. The molecule has 7 nitrogen and oxygen atoms in total. The van der Waals surface area contributed by atoms with Gasteiger partial charge in [-0.3, -0.25) is 4.79 Å². The Labute approximate surface area is 152 Å². The highest BCUT2D eigenvalue weighted by Crippen LogP contribution is 2.41. The minimum Gasteiger partial charge on any atom is -0.393 e. The van der Waals surface area contributed by atoms with Crippen molar-refractivity contribution in [2.75, 3.05) is 6.54 Å². The summed E-state index contributed by atoms with van der Waals surface area (Å²) in [6, 6.07) is 1.85. The Balaban J connectivity index is 1.35. The Hall–Kier alpha value is -2.15. The van der Waals surface area contributed by atoms with E-state index in [-0.39, 0.29) is 17.7 Å². The summed E-state index contributed by atoms with van der Waals surface area (Å²) < 4.78 is 7.39. The van der Waals surface area contributed by atoms with Crippen molar-refractivity contribution in [1.29, 1.82) is 0 Å². The predicted molar refractivity (Wildman–Crippen MR) is 94.9 cm³/mol. The number of hydrogen-bond donors (Lipinski definition) is 2. The summed E-state index contributed by atoms with van der Waals surface area (Å²) in [5.74, 6) is 1.92. The van der Waals surface area contributed by atoms with Crippen molar-refractivity contribution >= 4 is 5.91 Å². The molecule has 0 saturated heterocycles. The van der Waals surface area contributed by atoms with Crippen molar-refractivity contribution in [2.24, 2.45) is 13.0 Å². The second-order valence-corrected chi connectivity index (χ2v) is 7.61. The molecule has 26 heavy (non-hydrogen) atoms. The molecule has 2 saturated carbocycles. The largest absolute Gasteiger partial charge is 0.393 e. The van der Waals surface area contributed by atoms with Crippen molar-refractivity contribution in [1.82, 2.24) is 20.0 Å². The van der Waals surface area contributed by atoms with Gasteiger partial charge in [-0.15, -0.1) is 0 Å². The number of carbonyl (C=O) groups excluding carboxylic acids is 1. The summed E-state index contributed by atoms with van der Waals surface area (Å²) in [5, 5.41) is 17.4. The first-order chi connectivity index (χ1) is 12.6. The molecular weight excluding hydrogens is 332 g/mol. The monoisotopic (exact) mass is 358 g/mol. The average Bonchev–Trinajstić information content (AvgIpc) is 3.06. The molecular formula is C19H26N4O3. The van der Waals surface area contributed by atoms with Gasteiger partial charge in [0.1, 0.15) is 0 Å². The van der Waals surface area contributed by atoms with E-state index in [1.165, 1.54) is 0 Å². The van der Waals surface area contributed by atoms with E-state index in [4.69, 9.17) is 4.52 Å². The standard InChI is InChI=1S/C19H26N4O3/c1-3-15-14(6-7-23(15)2)18(25)20-10-13-8-12(9-16(13)24)19-21-17(22-26-19)11-4-5-11/h6-7,11-13,16,24H,3-5,8-10H2,1-2H3,(H,20,25)/t12-,13+,16+/m0/s1. The molecule has 0 bridgehead atoms. The van der Waals surface area contributed by atoms with Crippen LogP contribution < -0.4 is 5.32 Å². The summed E-state index contributed by atoms with van der Waals surface area (Å²) in [6.45, 7) is 2.50. The highest BCUT2D eigenvalue weighted by Gasteiger charge is 2.38. The van der Waals surface area contributed by atoms with Crippen molar-refractivity contribution in [3.8, 4) is 0 Å². The summed E-state index contributed by atoms with van der Waals surface area (Å²) in [5.41, 5.74) is 1.73. The summed E-state index contributed by atoms with van der Waals surface area (Å²) in [7, 11) is 1.95. The molecule has 0 aromatic carbocycles. The van der Waals surface area contributed by atoms with E-state index in [0.29, 0.717) is 30.3 Å². The zero-order valence-electron chi connectivity index (χ0n) is 15.3. The number of aryl methyl sites for hydroxylation is 1. The third kappa shape index (κ3) is 3.28. The average molecular weight is 358 g/mol. The highest BCUT2D eigenvalue weighted by atomic mass is 16.5. The van der Waals surface area contributed by atoms with Gasteiger partial charge in [0.2, 0.25) is 5.89 Å². The number of amides is 1. The maximum atomic E-state index is 12.5. The third-order valence-corrected chi connectivity index (χ3v) is 5.71. The lowest BCUT2D eigenvalue weighted by atomic mass is 10.0. The van der Waals surface area contributed by atoms with Gasteiger partial charge in [-0.25, -0.2) is 0 Å². The zero-order chi connectivity index (χ0) is 18.3. The van der Waals surface area contributed by atoms with Crippen molar-refractivity contribution in [3.63, 3.8) is 0 Å². The maximum absolute atomic E-state index is 12.5. The molecule has 1 amide bonds. The van der Waals surface area contributed by atoms with Gasteiger partial charge in [-0.05, 0) is 38.2 Å². The van der Waals surface area contributed by atoms with Crippen molar-refractivity contribution in [2.45, 2.75) is 57.0 Å². The minimum atomic E-state index is -0.460. The summed E-state index contributed by atoms with van der Waals surface area (Å²) >= 11 is 0. The van der Waals surface area contributed by atoms with Gasteiger partial charge in [0.15, 0.2) is 5.82 Å². The van der Waals surface area contributed by atoms with Crippen LogP contribution in [0.2, 0.25) is 0 Å². The molecule has 2 N–H and O–H groups in total. The second-order valence-electron chi connectivity index (χ2n) is 7.61. The molecule has 2 fully saturated rings. The molecule has 0 aliphatic heterocycles. The molecule has 140 valence electrons. The van der Waals surface area contributed by atoms with E-state index < -0.39 is 6.10 Å². The Morgan fingerprint density at radius 1 is 1.38 bits per heavy atom. The van der Waals surface area contributed by atoms with Crippen LogP contribution in [0.1, 0.15) is 72.2 Å². The first-order valence-corrected chi connectivity index (χ1v) is 9.50. The predicted octanol–water partition coefficient (Wildman–Crippen LogP) is 2.13. The number of aliphatic hydroxyl groups excluding tert-OH is 1. The molecule has 2 heterocycles. The first-order valence-electron chi connectivity index (χ1n) is 9.50. The van der Waals surface area contributed by atoms with Crippen LogP contribution in [0.25, 0.3) is 0 Å². The zero-order valence-corrected chi connectivity index (χ0v) is 15.3. The molecule has 4 rings (SSSR count). The van der Waals surface area contributed by atoms with Gasteiger partial charge >= 0.3 is 0 Å². The van der Waals surface area contributed by atoms with Crippen LogP contribution >= 0.6 is 0 Å². The van der Waals surface area contributed by atoms with E-state index >= 15 is 0 Å². The molecule has 2 aliphatic carbocycles. The third-order valence-electron chi connectivity index (χ3n) is 5.71. The lowest BCUT2D eigenvalue weighted by Crippen LogP contribution is -2.32. The van der Waals surface area contributed by atoms with E-state index in [2.05, 4.69) is 15.5 Å². The Kier molecular flexibility index (Phi) is 4.56. The van der Waals surface area contributed by atoms with Gasteiger partial charge in [0.05, 0.1) is 11.7 Å². The summed E-state index contributed by atoms with van der Waals surface area (Å²) in [6.07, 6.45) is 5.89. The fourth-order valence-electron chi connectivity index (χ4n) is 3.97. The van der Waals surface area contributed by atoms with E-state index in [1.54, 1.807) is 0 Å². The maximum Gasteiger partial charge on any atom is 0.253 e. The molecule has 0 radical (unpaired) electrons.